The van der Waals surface area contributed by atoms with Crippen molar-refractivity contribution in [1.82, 2.24) is 0 Å². The molecule has 0 amide bonds. The first-order valence-corrected chi connectivity index (χ1v) is 14.9. The lowest BCUT2D eigenvalue weighted by molar-refractivity contribution is -0.155. The molecule has 1 rings (SSSR count). The molecule has 0 fully saturated rings. The van der Waals surface area contributed by atoms with E-state index in [-0.39, 0.29) is 23.0 Å². The highest BCUT2D eigenvalue weighted by atomic mass is 28.4. The summed E-state index contributed by atoms with van der Waals surface area (Å²) in [6.07, 6.45) is -1.19. The van der Waals surface area contributed by atoms with Crippen LogP contribution in [0.1, 0.15) is 54.0 Å². The summed E-state index contributed by atoms with van der Waals surface area (Å²) < 4.78 is 23.2. The van der Waals surface area contributed by atoms with Crippen LogP contribution in [0.25, 0.3) is 0 Å². The number of esters is 1. The highest BCUT2D eigenvalue weighted by Crippen LogP contribution is 2.37. The Morgan fingerprint density at radius 2 is 1.67 bits per heavy atom. The maximum atomic E-state index is 12.2. The molecule has 0 aliphatic rings. The molecule has 0 spiro atoms. The van der Waals surface area contributed by atoms with Gasteiger partial charge < -0.3 is 23.7 Å². The van der Waals surface area contributed by atoms with Crippen molar-refractivity contribution in [2.75, 3.05) is 20.3 Å². The highest BCUT2D eigenvalue weighted by Gasteiger charge is 2.40. The molecule has 0 saturated carbocycles. The second-order valence-corrected chi connectivity index (χ2v) is 15.4. The molecule has 0 aliphatic carbocycles. The molecule has 5 atom stereocenters. The van der Waals surface area contributed by atoms with Crippen LogP contribution in [0, 0.1) is 17.8 Å². The first-order valence-electron chi connectivity index (χ1n) is 12.0. The van der Waals surface area contributed by atoms with Gasteiger partial charge in [-0.2, -0.15) is 0 Å². The maximum absolute atomic E-state index is 12.2. The second kappa shape index (κ2) is 12.9. The molecule has 6 nitrogen and oxygen atoms in total. The quantitative estimate of drug-likeness (QED) is 0.298. The lowest BCUT2D eigenvalue weighted by Crippen LogP contribution is -2.46. The number of methoxy groups -OCH3 is 1. The molecule has 33 heavy (non-hydrogen) atoms. The number of hydrogen-bond donors (Lipinski definition) is 1. The molecule has 0 aliphatic heterocycles. The molecule has 0 radical (unpaired) electrons. The van der Waals surface area contributed by atoms with Crippen LogP contribution in [0.4, 0.5) is 0 Å². The van der Waals surface area contributed by atoms with Crippen molar-refractivity contribution >= 4 is 14.3 Å². The van der Waals surface area contributed by atoms with Gasteiger partial charge in [0.15, 0.2) is 8.32 Å². The Morgan fingerprint density at radius 1 is 1.09 bits per heavy atom. The summed E-state index contributed by atoms with van der Waals surface area (Å²) in [5.41, 5.74) is 1.01. The molecule has 1 N–H and O–H groups in total. The van der Waals surface area contributed by atoms with Gasteiger partial charge in [-0.25, -0.2) is 0 Å². The lowest BCUT2D eigenvalue weighted by atomic mass is 9.84. The number of hydrogen-bond acceptors (Lipinski definition) is 6. The number of aliphatic hydroxyl groups excluding tert-OH is 1. The molecule has 0 unspecified atom stereocenters. The Hall–Kier alpha value is -1.41. The van der Waals surface area contributed by atoms with Gasteiger partial charge in [0.25, 0.3) is 0 Å². The Labute approximate surface area is 202 Å². The third-order valence-corrected chi connectivity index (χ3v) is 11.4. The summed E-state index contributed by atoms with van der Waals surface area (Å²) in [5.74, 6) is -0.507. The van der Waals surface area contributed by atoms with Gasteiger partial charge in [-0.1, -0.05) is 46.8 Å². The zero-order chi connectivity index (χ0) is 25.4. The number of carbonyl (C=O) groups excluding carboxylic acids is 1. The Kier molecular flexibility index (Phi) is 11.6. The average Bonchev–Trinajstić information content (AvgIpc) is 2.76. The first-order chi connectivity index (χ1) is 15.2. The monoisotopic (exact) mass is 482 g/mol. The molecule has 7 heteroatoms. The standard InChI is InChI=1S/C26H46O6Si/c1-11-30-25(28)20(4)23(27)19(3)24(18(2)16-32-33(9,10)26(5,6)7)31-17-21-12-14-22(29-8)15-13-21/h12-15,18-20,23-24,27H,11,16-17H2,1-10H3/t18-,19+,20+,23-,24-/m0/s1. The normalized spacial score (nSPS) is 17.1. The van der Waals surface area contributed by atoms with Crippen molar-refractivity contribution in [3.63, 3.8) is 0 Å². The SMILES string of the molecule is CCOC(=O)[C@H](C)[C@@H](O)[C@@H](C)[C@@H](OCc1ccc(OC)cc1)[C@@H](C)CO[Si](C)(C)C(C)(C)C. The number of benzene rings is 1. The van der Waals surface area contributed by atoms with Crippen LogP contribution in [0.3, 0.4) is 0 Å². The Bertz CT molecular complexity index is 712. The molecule has 0 aromatic heterocycles. The Morgan fingerprint density at radius 3 is 2.15 bits per heavy atom. The third kappa shape index (κ3) is 8.70. The van der Waals surface area contributed by atoms with E-state index >= 15 is 0 Å². The van der Waals surface area contributed by atoms with Crippen LogP contribution < -0.4 is 4.74 Å². The van der Waals surface area contributed by atoms with E-state index < -0.39 is 26.3 Å². The van der Waals surface area contributed by atoms with Crippen LogP contribution in [-0.4, -0.2) is 51.9 Å². The van der Waals surface area contributed by atoms with Crippen LogP contribution in [0.5, 0.6) is 5.75 Å². The zero-order valence-electron chi connectivity index (χ0n) is 22.3. The number of ether oxygens (including phenoxy) is 3. The van der Waals surface area contributed by atoms with Crippen molar-refractivity contribution in [2.45, 2.75) is 85.4 Å². The highest BCUT2D eigenvalue weighted by molar-refractivity contribution is 6.74. The van der Waals surface area contributed by atoms with Crippen LogP contribution in [-0.2, 0) is 25.3 Å². The second-order valence-electron chi connectivity index (χ2n) is 10.6. The molecule has 0 heterocycles. The minimum atomic E-state index is -1.93. The van der Waals surface area contributed by atoms with Gasteiger partial charge >= 0.3 is 5.97 Å². The predicted octanol–water partition coefficient (Wildman–Crippen LogP) is 5.43. The number of carbonyl (C=O) groups is 1. The van der Waals surface area contributed by atoms with Gasteiger partial charge in [0, 0.05) is 18.4 Å². The van der Waals surface area contributed by atoms with Gasteiger partial charge in [0.1, 0.15) is 5.75 Å². The summed E-state index contributed by atoms with van der Waals surface area (Å²) in [7, 11) is -0.291. The van der Waals surface area contributed by atoms with Gasteiger partial charge in [0.05, 0.1) is 38.4 Å². The van der Waals surface area contributed by atoms with Crippen molar-refractivity contribution in [1.29, 1.82) is 0 Å². The smallest absolute Gasteiger partial charge is 0.311 e. The summed E-state index contributed by atoms with van der Waals surface area (Å²) >= 11 is 0. The molecule has 1 aromatic carbocycles. The lowest BCUT2D eigenvalue weighted by Gasteiger charge is -2.39. The molecule has 0 saturated heterocycles. The van der Waals surface area contributed by atoms with Gasteiger partial charge in [-0.15, -0.1) is 0 Å². The summed E-state index contributed by atoms with van der Waals surface area (Å²) in [5, 5.41) is 11.1. The third-order valence-electron chi connectivity index (χ3n) is 6.90. The summed E-state index contributed by atoms with van der Waals surface area (Å²) in [4.78, 5) is 12.2. The van der Waals surface area contributed by atoms with E-state index in [1.165, 1.54) is 0 Å². The van der Waals surface area contributed by atoms with E-state index in [0.29, 0.717) is 19.8 Å². The maximum Gasteiger partial charge on any atom is 0.311 e. The van der Waals surface area contributed by atoms with Crippen molar-refractivity contribution in [3.8, 4) is 5.75 Å². The van der Waals surface area contributed by atoms with Crippen molar-refractivity contribution in [3.05, 3.63) is 29.8 Å². The van der Waals surface area contributed by atoms with E-state index in [0.717, 1.165) is 11.3 Å². The molecular formula is C26H46O6Si. The summed E-state index contributed by atoms with van der Waals surface area (Å²) in [6.45, 7) is 19.8. The van der Waals surface area contributed by atoms with E-state index in [1.54, 1.807) is 21.0 Å². The fourth-order valence-electron chi connectivity index (χ4n) is 3.46. The predicted molar refractivity (Wildman–Crippen MR) is 135 cm³/mol. The van der Waals surface area contributed by atoms with Gasteiger partial charge in [-0.05, 0) is 49.7 Å². The van der Waals surface area contributed by atoms with Gasteiger partial charge in [0.2, 0.25) is 0 Å². The largest absolute Gasteiger partial charge is 0.497 e. The van der Waals surface area contributed by atoms with E-state index in [2.05, 4.69) is 40.8 Å². The fourth-order valence-corrected chi connectivity index (χ4v) is 4.57. The Balaban J connectivity index is 3.01. The van der Waals surface area contributed by atoms with Crippen molar-refractivity contribution in [2.24, 2.45) is 17.8 Å². The van der Waals surface area contributed by atoms with Crippen LogP contribution >= 0.6 is 0 Å². The number of rotatable bonds is 13. The van der Waals surface area contributed by atoms with E-state index in [4.69, 9.17) is 18.6 Å². The molecule has 190 valence electrons. The molecule has 1 aromatic rings. The van der Waals surface area contributed by atoms with Crippen molar-refractivity contribution < 1.29 is 28.5 Å². The fraction of sp³-hybridized carbons (Fsp3) is 0.731. The van der Waals surface area contributed by atoms with E-state index in [9.17, 15) is 9.90 Å². The topological polar surface area (TPSA) is 74.2 Å². The minimum absolute atomic E-state index is 0.0245. The van der Waals surface area contributed by atoms with Gasteiger partial charge in [-0.3, -0.25) is 4.79 Å². The molecular weight excluding hydrogens is 436 g/mol. The zero-order valence-corrected chi connectivity index (χ0v) is 23.3. The summed E-state index contributed by atoms with van der Waals surface area (Å²) in [6, 6.07) is 7.74. The van der Waals surface area contributed by atoms with Crippen LogP contribution in [0.15, 0.2) is 24.3 Å². The minimum Gasteiger partial charge on any atom is -0.497 e. The number of aliphatic hydroxyl groups is 1. The molecule has 0 bridgehead atoms. The first kappa shape index (κ1) is 29.6. The van der Waals surface area contributed by atoms with Crippen LogP contribution in [0.2, 0.25) is 18.1 Å². The van der Waals surface area contributed by atoms with E-state index in [1.807, 2.05) is 31.2 Å². The average molecular weight is 483 g/mol.